The fraction of sp³-hybridized carbons (Fsp3) is 0.318. The van der Waals surface area contributed by atoms with Crippen molar-refractivity contribution in [3.8, 4) is 0 Å². The van der Waals surface area contributed by atoms with Crippen LogP contribution in [0.2, 0.25) is 0 Å². The van der Waals surface area contributed by atoms with E-state index < -0.39 is 33.1 Å². The summed E-state index contributed by atoms with van der Waals surface area (Å²) in [5, 5.41) is 3.03. The molecule has 1 aliphatic rings. The van der Waals surface area contributed by atoms with E-state index in [4.69, 9.17) is 9.15 Å². The van der Waals surface area contributed by atoms with E-state index >= 15 is 0 Å². The molecule has 1 fully saturated rings. The van der Waals surface area contributed by atoms with Gasteiger partial charge in [0.25, 0.3) is 0 Å². The molecule has 176 valence electrons. The smallest absolute Gasteiger partial charge is 0.240 e. The van der Waals surface area contributed by atoms with Gasteiger partial charge in [0, 0.05) is 24.8 Å². The number of rotatable bonds is 6. The fourth-order valence-electron chi connectivity index (χ4n) is 3.80. The average Bonchev–Trinajstić information content (AvgIpc) is 2.78. The van der Waals surface area contributed by atoms with Crippen LogP contribution >= 0.6 is 0 Å². The van der Waals surface area contributed by atoms with E-state index in [9.17, 15) is 22.0 Å². The lowest BCUT2D eigenvalue weighted by Gasteiger charge is -2.30. The maximum absolute atomic E-state index is 13.7. The monoisotopic (exact) mass is 479 g/mol. The highest BCUT2D eigenvalue weighted by Gasteiger charge is 2.26. The second-order valence-corrected chi connectivity index (χ2v) is 9.53. The number of nitrogens with zero attached hydrogens (tertiary/aromatic N) is 1. The van der Waals surface area contributed by atoms with E-state index in [1.54, 1.807) is 6.92 Å². The van der Waals surface area contributed by atoms with E-state index in [2.05, 4.69) is 10.0 Å². The molecule has 8 nitrogen and oxygen atoms in total. The van der Waals surface area contributed by atoms with Crippen LogP contribution in [0.5, 0.6) is 0 Å². The number of hydrogen-bond donors (Lipinski definition) is 2. The van der Waals surface area contributed by atoms with Crippen LogP contribution in [-0.2, 0) is 14.8 Å². The first-order valence-corrected chi connectivity index (χ1v) is 11.8. The zero-order valence-electron chi connectivity index (χ0n) is 18.0. The number of sulfonamides is 1. The molecule has 3 aromatic rings. The molecule has 4 rings (SSSR count). The summed E-state index contributed by atoms with van der Waals surface area (Å²) in [4.78, 5) is 15.4. The summed E-state index contributed by atoms with van der Waals surface area (Å²) in [6.07, 6.45) is 0. The molecular weight excluding hydrogens is 456 g/mol. The lowest BCUT2D eigenvalue weighted by atomic mass is 10.1. The molecule has 0 bridgehead atoms. The van der Waals surface area contributed by atoms with Crippen LogP contribution in [-0.4, -0.2) is 41.8 Å². The molecule has 11 heteroatoms. The quantitative estimate of drug-likeness (QED) is 0.561. The Balaban J connectivity index is 1.88. The summed E-state index contributed by atoms with van der Waals surface area (Å²) in [5.41, 5.74) is 0.152. The third-order valence-electron chi connectivity index (χ3n) is 5.43. The van der Waals surface area contributed by atoms with Gasteiger partial charge in [0.1, 0.15) is 17.2 Å². The molecule has 0 spiro atoms. The number of anilines is 2. The molecule has 1 aliphatic heterocycles. The Morgan fingerprint density at radius 1 is 1.06 bits per heavy atom. The van der Waals surface area contributed by atoms with E-state index in [-0.39, 0.29) is 27.1 Å². The van der Waals surface area contributed by atoms with Crippen LogP contribution in [0.3, 0.4) is 0 Å². The number of benzene rings is 2. The topological polar surface area (TPSA) is 101 Å². The Morgan fingerprint density at radius 2 is 1.73 bits per heavy atom. The van der Waals surface area contributed by atoms with Crippen molar-refractivity contribution >= 4 is 32.6 Å². The first-order chi connectivity index (χ1) is 15.7. The number of nitrogens with one attached hydrogen (secondary N) is 2. The van der Waals surface area contributed by atoms with Gasteiger partial charge in [0.05, 0.1) is 35.1 Å². The number of fused-ring (bicyclic) bond motifs is 1. The fourth-order valence-corrected chi connectivity index (χ4v) is 4.56. The van der Waals surface area contributed by atoms with Crippen LogP contribution in [0, 0.1) is 11.6 Å². The normalized spacial score (nSPS) is 15.6. The van der Waals surface area contributed by atoms with Gasteiger partial charge in [-0.25, -0.2) is 21.9 Å². The van der Waals surface area contributed by atoms with Gasteiger partial charge < -0.3 is 19.4 Å². The van der Waals surface area contributed by atoms with Gasteiger partial charge in [-0.2, -0.15) is 0 Å². The van der Waals surface area contributed by atoms with Gasteiger partial charge in [-0.3, -0.25) is 4.79 Å². The minimum atomic E-state index is -3.78. The Morgan fingerprint density at radius 3 is 2.36 bits per heavy atom. The van der Waals surface area contributed by atoms with Crippen molar-refractivity contribution in [1.29, 1.82) is 0 Å². The number of morpholine rings is 1. The van der Waals surface area contributed by atoms with E-state index in [0.29, 0.717) is 32.2 Å². The summed E-state index contributed by atoms with van der Waals surface area (Å²) >= 11 is 0. The largest absolute Gasteiger partial charge is 0.440 e. The van der Waals surface area contributed by atoms with E-state index in [1.807, 2.05) is 4.90 Å². The molecule has 1 aromatic heterocycles. The molecule has 2 heterocycles. The van der Waals surface area contributed by atoms with Crippen LogP contribution in [0.4, 0.5) is 20.4 Å². The van der Waals surface area contributed by atoms with Crippen molar-refractivity contribution in [2.24, 2.45) is 0 Å². The summed E-state index contributed by atoms with van der Waals surface area (Å²) in [7, 11) is -2.51. The van der Waals surface area contributed by atoms with Crippen LogP contribution in [0.1, 0.15) is 18.5 Å². The first-order valence-electron chi connectivity index (χ1n) is 10.3. The number of hydrogen-bond acceptors (Lipinski definition) is 7. The summed E-state index contributed by atoms with van der Waals surface area (Å²) in [5.74, 6) is -1.21. The molecule has 2 aromatic carbocycles. The second-order valence-electron chi connectivity index (χ2n) is 7.64. The van der Waals surface area contributed by atoms with E-state index in [0.717, 1.165) is 18.2 Å². The Kier molecular flexibility index (Phi) is 6.37. The van der Waals surface area contributed by atoms with Gasteiger partial charge >= 0.3 is 0 Å². The molecule has 0 radical (unpaired) electrons. The molecule has 1 saturated heterocycles. The predicted octanol–water partition coefficient (Wildman–Crippen LogP) is 2.99. The standard InChI is InChI=1S/C22H23F2N3O5S/c1-13(26-16-10-14(23)9-15(24)11-16)20-21(28)18-12-17(33(29,30)25-2)3-4-19(18)32-22(20)27-5-7-31-8-6-27/h3-4,9-13,25-26H,5-8H2,1-2H3. The van der Waals surface area contributed by atoms with Gasteiger partial charge in [-0.1, -0.05) is 0 Å². The van der Waals surface area contributed by atoms with Crippen molar-refractivity contribution in [1.82, 2.24) is 4.72 Å². The molecule has 1 atom stereocenters. The third kappa shape index (κ3) is 4.70. The lowest BCUT2D eigenvalue weighted by molar-refractivity contribution is 0.120. The Labute approximate surface area is 189 Å². The lowest BCUT2D eigenvalue weighted by Crippen LogP contribution is -2.38. The maximum atomic E-state index is 13.7. The van der Waals surface area contributed by atoms with Crippen LogP contribution in [0.15, 0.2) is 50.5 Å². The minimum Gasteiger partial charge on any atom is -0.440 e. The predicted molar refractivity (Wildman–Crippen MR) is 120 cm³/mol. The molecule has 0 aliphatic carbocycles. The SMILES string of the molecule is CNS(=O)(=O)c1ccc2oc(N3CCOCC3)c(C(C)Nc3cc(F)cc(F)c3)c(=O)c2c1. The highest BCUT2D eigenvalue weighted by atomic mass is 32.2. The molecule has 2 N–H and O–H groups in total. The van der Waals surface area contributed by atoms with Crippen molar-refractivity contribution in [2.45, 2.75) is 17.9 Å². The Bertz CT molecular complexity index is 1330. The maximum Gasteiger partial charge on any atom is 0.240 e. The van der Waals surface area contributed by atoms with Gasteiger partial charge in [0.15, 0.2) is 5.43 Å². The van der Waals surface area contributed by atoms with Crippen molar-refractivity contribution in [3.63, 3.8) is 0 Å². The average molecular weight is 480 g/mol. The van der Waals surface area contributed by atoms with Gasteiger partial charge in [0.2, 0.25) is 15.9 Å². The molecular formula is C22H23F2N3O5S. The molecule has 33 heavy (non-hydrogen) atoms. The molecule has 0 saturated carbocycles. The van der Waals surface area contributed by atoms with Crippen molar-refractivity contribution < 1.29 is 26.4 Å². The van der Waals surface area contributed by atoms with E-state index in [1.165, 1.54) is 25.2 Å². The highest BCUT2D eigenvalue weighted by Crippen LogP contribution is 2.31. The zero-order valence-corrected chi connectivity index (χ0v) is 18.8. The Hall–Kier alpha value is -3.02. The van der Waals surface area contributed by atoms with Crippen molar-refractivity contribution in [3.05, 3.63) is 63.8 Å². The number of ether oxygens (including phenoxy) is 1. The summed E-state index contributed by atoms with van der Waals surface area (Å²) in [6.45, 7) is 3.51. The van der Waals surface area contributed by atoms with Gasteiger partial charge in [-0.15, -0.1) is 0 Å². The second kappa shape index (κ2) is 9.08. The highest BCUT2D eigenvalue weighted by molar-refractivity contribution is 7.89. The number of halogens is 2. The zero-order chi connectivity index (χ0) is 23.8. The summed E-state index contributed by atoms with van der Waals surface area (Å²) in [6, 6.07) is 6.33. The van der Waals surface area contributed by atoms with Crippen LogP contribution in [0.25, 0.3) is 11.0 Å². The molecule has 0 amide bonds. The summed E-state index contributed by atoms with van der Waals surface area (Å²) < 4.78 is 65.6. The third-order valence-corrected chi connectivity index (χ3v) is 6.85. The minimum absolute atomic E-state index is 0.0808. The van der Waals surface area contributed by atoms with Crippen molar-refractivity contribution in [2.75, 3.05) is 43.6 Å². The first kappa shape index (κ1) is 23.1. The van der Waals surface area contributed by atoms with Crippen LogP contribution < -0.4 is 20.4 Å². The molecule has 1 unspecified atom stereocenters. The van der Waals surface area contributed by atoms with Gasteiger partial charge in [-0.05, 0) is 44.3 Å².